The lowest BCUT2D eigenvalue weighted by molar-refractivity contribution is 0.450. The van der Waals surface area contributed by atoms with Crippen LogP contribution in [-0.2, 0) is 17.1 Å². The summed E-state index contributed by atoms with van der Waals surface area (Å²) in [5.74, 6) is 0.240. The molecule has 1 saturated heterocycles. The van der Waals surface area contributed by atoms with Gasteiger partial charge in [0.1, 0.15) is 0 Å². The highest BCUT2D eigenvalue weighted by atomic mass is 79.9. The Morgan fingerprint density at radius 3 is 2.76 bits per heavy atom. The summed E-state index contributed by atoms with van der Waals surface area (Å²) >= 11 is 3.11. The van der Waals surface area contributed by atoms with E-state index in [0.29, 0.717) is 19.6 Å². The van der Waals surface area contributed by atoms with E-state index < -0.39 is 10.0 Å². The molecule has 0 aromatic carbocycles. The van der Waals surface area contributed by atoms with E-state index in [0.717, 1.165) is 6.42 Å². The lowest BCUT2D eigenvalue weighted by atomic mass is 10.1. The van der Waals surface area contributed by atoms with Gasteiger partial charge in [-0.05, 0) is 34.8 Å². The third-order valence-electron chi connectivity index (χ3n) is 2.90. The van der Waals surface area contributed by atoms with Gasteiger partial charge in [0.15, 0.2) is 4.60 Å². The largest absolute Gasteiger partial charge is 0.330 e. The maximum atomic E-state index is 12.4. The van der Waals surface area contributed by atoms with Crippen molar-refractivity contribution in [2.45, 2.75) is 11.4 Å². The van der Waals surface area contributed by atoms with Gasteiger partial charge in [-0.15, -0.1) is 5.10 Å². The number of sulfonamides is 1. The van der Waals surface area contributed by atoms with Crippen molar-refractivity contribution in [1.82, 2.24) is 19.3 Å². The predicted molar refractivity (Wildman–Crippen MR) is 64.6 cm³/mol. The van der Waals surface area contributed by atoms with Crippen molar-refractivity contribution in [3.05, 3.63) is 4.60 Å². The molecule has 2 N–H and O–H groups in total. The molecule has 7 nitrogen and oxygen atoms in total. The summed E-state index contributed by atoms with van der Waals surface area (Å²) in [6.45, 7) is 1.48. The van der Waals surface area contributed by atoms with Gasteiger partial charge < -0.3 is 5.73 Å². The quantitative estimate of drug-likeness (QED) is 0.812. The topological polar surface area (TPSA) is 94.1 Å². The molecule has 1 aliphatic heterocycles. The average molecular weight is 324 g/mol. The zero-order valence-electron chi connectivity index (χ0n) is 9.37. The van der Waals surface area contributed by atoms with Crippen molar-refractivity contribution in [2.75, 3.05) is 19.6 Å². The van der Waals surface area contributed by atoms with E-state index in [4.69, 9.17) is 5.73 Å². The third-order valence-corrected chi connectivity index (χ3v) is 5.66. The van der Waals surface area contributed by atoms with Crippen molar-refractivity contribution >= 4 is 26.0 Å². The smallest absolute Gasteiger partial charge is 0.263 e. The summed E-state index contributed by atoms with van der Waals surface area (Å²) in [6, 6.07) is 0. The molecule has 2 rings (SSSR count). The fourth-order valence-corrected chi connectivity index (χ4v) is 4.49. The van der Waals surface area contributed by atoms with Gasteiger partial charge in [0.05, 0.1) is 0 Å². The fourth-order valence-electron chi connectivity index (χ4n) is 1.93. The molecule has 2 heterocycles. The molecule has 1 aliphatic rings. The molecule has 1 fully saturated rings. The van der Waals surface area contributed by atoms with Crippen molar-refractivity contribution in [3.8, 4) is 0 Å². The average Bonchev–Trinajstić information content (AvgIpc) is 2.85. The lowest BCUT2D eigenvalue weighted by Gasteiger charge is -2.15. The van der Waals surface area contributed by atoms with E-state index in [1.165, 1.54) is 8.99 Å². The van der Waals surface area contributed by atoms with Crippen LogP contribution >= 0.6 is 15.9 Å². The highest BCUT2D eigenvalue weighted by Crippen LogP contribution is 2.26. The minimum absolute atomic E-state index is 0.0928. The molecule has 0 spiro atoms. The molecule has 0 radical (unpaired) electrons. The number of aromatic nitrogens is 3. The second kappa shape index (κ2) is 4.63. The summed E-state index contributed by atoms with van der Waals surface area (Å²) in [5, 5.41) is 7.47. The molecule has 17 heavy (non-hydrogen) atoms. The highest BCUT2D eigenvalue weighted by molar-refractivity contribution is 9.10. The van der Waals surface area contributed by atoms with Crippen molar-refractivity contribution in [2.24, 2.45) is 18.7 Å². The molecule has 1 unspecified atom stereocenters. The Balaban J connectivity index is 2.32. The number of halogens is 1. The number of hydrogen-bond acceptors (Lipinski definition) is 5. The second-order valence-electron chi connectivity index (χ2n) is 4.06. The van der Waals surface area contributed by atoms with Crippen molar-refractivity contribution in [3.63, 3.8) is 0 Å². The zero-order chi connectivity index (χ0) is 12.6. The maximum absolute atomic E-state index is 12.4. The van der Waals surface area contributed by atoms with E-state index in [-0.39, 0.29) is 15.5 Å². The Labute approximate surface area is 108 Å². The number of hydrogen-bond donors (Lipinski definition) is 1. The van der Waals surface area contributed by atoms with Crippen molar-refractivity contribution in [1.29, 1.82) is 0 Å². The van der Waals surface area contributed by atoms with E-state index in [1.807, 2.05) is 0 Å². The molecular weight excluding hydrogens is 310 g/mol. The first-order valence-electron chi connectivity index (χ1n) is 5.22. The van der Waals surface area contributed by atoms with Crippen LogP contribution in [0.4, 0.5) is 0 Å². The van der Waals surface area contributed by atoms with Crippen molar-refractivity contribution < 1.29 is 8.42 Å². The molecule has 1 aromatic rings. The summed E-state index contributed by atoms with van der Waals surface area (Å²) in [4.78, 5) is 0. The van der Waals surface area contributed by atoms with Gasteiger partial charge in [-0.3, -0.25) is 0 Å². The molecule has 0 saturated carbocycles. The molecule has 1 atom stereocenters. The number of nitrogens with two attached hydrogens (primary N) is 1. The molecule has 0 aliphatic carbocycles. The first kappa shape index (κ1) is 12.9. The minimum Gasteiger partial charge on any atom is -0.330 e. The van der Waals surface area contributed by atoms with Crippen LogP contribution in [0.3, 0.4) is 0 Å². The predicted octanol–water partition coefficient (Wildman–Crippen LogP) is -0.453. The first-order valence-corrected chi connectivity index (χ1v) is 7.45. The molecule has 9 heteroatoms. The van der Waals surface area contributed by atoms with E-state index >= 15 is 0 Å². The van der Waals surface area contributed by atoms with Crippen LogP contribution in [0.2, 0.25) is 0 Å². The van der Waals surface area contributed by atoms with Gasteiger partial charge in [-0.1, -0.05) is 5.21 Å². The molecule has 1 aromatic heterocycles. The van der Waals surface area contributed by atoms with Gasteiger partial charge in [0.25, 0.3) is 10.0 Å². The number of rotatable bonds is 3. The molecular formula is C8H14BrN5O2S. The first-order chi connectivity index (χ1) is 7.96. The summed E-state index contributed by atoms with van der Waals surface area (Å²) in [5.41, 5.74) is 5.56. The standard InChI is InChI=1S/C8H14BrN5O2S/c1-13-8(7(9)11-12-13)17(15,16)14-3-2-6(4-10)5-14/h6H,2-5,10H2,1H3. The summed E-state index contributed by atoms with van der Waals surface area (Å²) in [6.07, 6.45) is 0.804. The Kier molecular flexibility index (Phi) is 3.53. The Bertz CT molecular complexity index is 494. The summed E-state index contributed by atoms with van der Waals surface area (Å²) in [7, 11) is -1.97. The molecule has 0 amide bonds. The SMILES string of the molecule is Cn1nnc(Br)c1S(=O)(=O)N1CCC(CN)C1. The lowest BCUT2D eigenvalue weighted by Crippen LogP contribution is -2.31. The molecule has 0 bridgehead atoms. The fraction of sp³-hybridized carbons (Fsp3) is 0.750. The Hall–Kier alpha value is -0.510. The van der Waals surface area contributed by atoms with Gasteiger partial charge in [0, 0.05) is 20.1 Å². The van der Waals surface area contributed by atoms with Gasteiger partial charge in [0.2, 0.25) is 5.03 Å². The Morgan fingerprint density at radius 2 is 2.29 bits per heavy atom. The van der Waals surface area contributed by atoms with Crippen LogP contribution in [-0.4, -0.2) is 47.4 Å². The van der Waals surface area contributed by atoms with Crippen LogP contribution in [0.15, 0.2) is 9.63 Å². The van der Waals surface area contributed by atoms with Crippen LogP contribution in [0.5, 0.6) is 0 Å². The van der Waals surface area contributed by atoms with Crippen LogP contribution in [0.1, 0.15) is 6.42 Å². The van der Waals surface area contributed by atoms with E-state index in [1.54, 1.807) is 7.05 Å². The van der Waals surface area contributed by atoms with E-state index in [2.05, 4.69) is 26.2 Å². The number of aryl methyl sites for hydroxylation is 1. The monoisotopic (exact) mass is 323 g/mol. The minimum atomic E-state index is -3.53. The van der Waals surface area contributed by atoms with E-state index in [9.17, 15) is 8.42 Å². The Morgan fingerprint density at radius 1 is 1.59 bits per heavy atom. The highest BCUT2D eigenvalue weighted by Gasteiger charge is 2.35. The zero-order valence-corrected chi connectivity index (χ0v) is 11.8. The van der Waals surface area contributed by atoms with Crippen LogP contribution in [0, 0.1) is 5.92 Å². The normalized spacial score (nSPS) is 22.2. The van der Waals surface area contributed by atoms with Gasteiger partial charge >= 0.3 is 0 Å². The summed E-state index contributed by atoms with van der Waals surface area (Å²) < 4.78 is 27.7. The maximum Gasteiger partial charge on any atom is 0.263 e. The van der Waals surface area contributed by atoms with Gasteiger partial charge in [-0.25, -0.2) is 13.1 Å². The molecule has 96 valence electrons. The van der Waals surface area contributed by atoms with Crippen LogP contribution < -0.4 is 5.73 Å². The van der Waals surface area contributed by atoms with Gasteiger partial charge in [-0.2, -0.15) is 4.31 Å². The van der Waals surface area contributed by atoms with Crippen LogP contribution in [0.25, 0.3) is 0 Å². The number of nitrogens with zero attached hydrogens (tertiary/aromatic N) is 4. The third kappa shape index (κ3) is 2.24. The second-order valence-corrected chi connectivity index (χ2v) is 6.67.